The van der Waals surface area contributed by atoms with Crippen molar-refractivity contribution in [2.75, 3.05) is 30.0 Å². The Kier molecular flexibility index (Phi) is 4.05. The molecule has 0 saturated carbocycles. The lowest BCUT2D eigenvalue weighted by atomic mass is 10.1. The van der Waals surface area contributed by atoms with Crippen molar-refractivity contribution in [3.8, 4) is 0 Å². The number of amides is 1. The van der Waals surface area contributed by atoms with E-state index >= 15 is 0 Å². The van der Waals surface area contributed by atoms with Crippen molar-refractivity contribution in [3.63, 3.8) is 0 Å². The normalized spacial score (nSPS) is 10.2. The first kappa shape index (κ1) is 14.1. The summed E-state index contributed by atoms with van der Waals surface area (Å²) in [4.78, 5) is 21.6. The van der Waals surface area contributed by atoms with Crippen molar-refractivity contribution in [2.45, 2.75) is 0 Å². The Morgan fingerprint density at radius 3 is 2.70 bits per heavy atom. The second-order valence-electron chi connectivity index (χ2n) is 4.33. The minimum absolute atomic E-state index is 0.0743. The maximum Gasteiger partial charge on any atom is 0.256 e. The molecule has 1 aromatic heterocycles. The Bertz CT molecular complexity index is 644. The van der Waals surface area contributed by atoms with Crippen LogP contribution in [-0.4, -0.2) is 30.0 Å². The molecule has 0 radical (unpaired) electrons. The molecule has 20 heavy (non-hydrogen) atoms. The Balaban J connectivity index is 2.19. The van der Waals surface area contributed by atoms with E-state index in [2.05, 4.69) is 15.3 Å². The van der Waals surface area contributed by atoms with Crippen LogP contribution in [0.1, 0.15) is 10.4 Å². The highest BCUT2D eigenvalue weighted by Gasteiger charge is 2.10. The van der Waals surface area contributed by atoms with Gasteiger partial charge in [-0.2, -0.15) is 0 Å². The van der Waals surface area contributed by atoms with Crippen molar-refractivity contribution in [3.05, 3.63) is 41.3 Å². The van der Waals surface area contributed by atoms with Gasteiger partial charge in [0.25, 0.3) is 5.91 Å². The van der Waals surface area contributed by atoms with Crippen LogP contribution in [0.5, 0.6) is 0 Å². The highest BCUT2D eigenvalue weighted by molar-refractivity contribution is 6.28. The van der Waals surface area contributed by atoms with Crippen LogP contribution in [-0.2, 0) is 0 Å². The van der Waals surface area contributed by atoms with E-state index in [1.807, 2.05) is 19.0 Å². The van der Waals surface area contributed by atoms with E-state index in [4.69, 9.17) is 17.3 Å². The third kappa shape index (κ3) is 3.16. The van der Waals surface area contributed by atoms with Gasteiger partial charge in [-0.3, -0.25) is 4.79 Å². The monoisotopic (exact) mass is 291 g/mol. The molecule has 1 heterocycles. The van der Waals surface area contributed by atoms with Gasteiger partial charge in [-0.25, -0.2) is 9.97 Å². The van der Waals surface area contributed by atoms with Crippen molar-refractivity contribution < 1.29 is 4.79 Å². The fourth-order valence-electron chi connectivity index (χ4n) is 1.70. The first-order valence-corrected chi connectivity index (χ1v) is 6.22. The van der Waals surface area contributed by atoms with Gasteiger partial charge in [-0.05, 0) is 35.9 Å². The summed E-state index contributed by atoms with van der Waals surface area (Å²) >= 11 is 5.66. The smallest absolute Gasteiger partial charge is 0.256 e. The molecule has 0 fully saturated rings. The van der Waals surface area contributed by atoms with Crippen molar-refractivity contribution >= 4 is 34.7 Å². The molecule has 6 nitrogen and oxygen atoms in total. The van der Waals surface area contributed by atoms with Crippen LogP contribution in [0.25, 0.3) is 0 Å². The lowest BCUT2D eigenvalue weighted by Gasteiger charge is -2.15. The van der Waals surface area contributed by atoms with Gasteiger partial charge in [0.1, 0.15) is 5.82 Å². The van der Waals surface area contributed by atoms with Gasteiger partial charge in [-0.1, -0.05) is 0 Å². The van der Waals surface area contributed by atoms with Gasteiger partial charge >= 0.3 is 0 Å². The molecule has 0 aliphatic rings. The third-order valence-corrected chi connectivity index (χ3v) is 2.82. The van der Waals surface area contributed by atoms with E-state index in [0.29, 0.717) is 17.1 Å². The molecule has 0 aliphatic carbocycles. The zero-order valence-corrected chi connectivity index (χ0v) is 11.8. The van der Waals surface area contributed by atoms with Crippen LogP contribution in [0.2, 0.25) is 5.28 Å². The Morgan fingerprint density at radius 1 is 1.35 bits per heavy atom. The molecular formula is C13H14ClN5O. The summed E-state index contributed by atoms with van der Waals surface area (Å²) < 4.78 is 0. The van der Waals surface area contributed by atoms with E-state index in [0.717, 1.165) is 5.69 Å². The minimum atomic E-state index is -0.309. The predicted molar refractivity (Wildman–Crippen MR) is 80.2 cm³/mol. The van der Waals surface area contributed by atoms with Gasteiger partial charge in [0.05, 0.1) is 11.4 Å². The molecule has 0 saturated heterocycles. The van der Waals surface area contributed by atoms with E-state index in [1.54, 1.807) is 24.3 Å². The second kappa shape index (κ2) is 5.75. The Morgan fingerprint density at radius 2 is 2.10 bits per heavy atom. The topological polar surface area (TPSA) is 84.1 Å². The second-order valence-corrected chi connectivity index (χ2v) is 4.67. The molecule has 0 atom stereocenters. The summed E-state index contributed by atoms with van der Waals surface area (Å²) in [6, 6.07) is 6.66. The van der Waals surface area contributed by atoms with Crippen molar-refractivity contribution in [2.24, 2.45) is 0 Å². The number of hydrogen-bond acceptors (Lipinski definition) is 5. The van der Waals surface area contributed by atoms with Crippen LogP contribution in [0.3, 0.4) is 0 Å². The number of rotatable bonds is 3. The summed E-state index contributed by atoms with van der Waals surface area (Å²) in [7, 11) is 3.77. The molecule has 104 valence electrons. The summed E-state index contributed by atoms with van der Waals surface area (Å²) in [6.45, 7) is 0. The maximum absolute atomic E-state index is 12.1. The number of anilines is 3. The van der Waals surface area contributed by atoms with Gasteiger partial charge in [0.15, 0.2) is 0 Å². The number of carbonyl (C=O) groups excluding carboxylic acids is 1. The van der Waals surface area contributed by atoms with Crippen molar-refractivity contribution in [1.82, 2.24) is 9.97 Å². The summed E-state index contributed by atoms with van der Waals surface area (Å²) in [5, 5.41) is 2.71. The SMILES string of the molecule is CN(C)c1ccc(C(=O)Nc2ccnc(Cl)n2)cc1N. The van der Waals surface area contributed by atoms with Gasteiger partial charge in [0, 0.05) is 25.9 Å². The quantitative estimate of drug-likeness (QED) is 0.668. The van der Waals surface area contributed by atoms with E-state index in [-0.39, 0.29) is 11.2 Å². The number of nitrogens with one attached hydrogen (secondary N) is 1. The fraction of sp³-hybridized carbons (Fsp3) is 0.154. The van der Waals surface area contributed by atoms with Crippen LogP contribution in [0, 0.1) is 0 Å². The molecule has 1 amide bonds. The number of aromatic nitrogens is 2. The third-order valence-electron chi connectivity index (χ3n) is 2.64. The summed E-state index contributed by atoms with van der Waals surface area (Å²) in [6.07, 6.45) is 1.47. The molecule has 7 heteroatoms. The number of benzene rings is 1. The number of hydrogen-bond donors (Lipinski definition) is 2. The number of halogens is 1. The molecule has 2 aromatic rings. The van der Waals surface area contributed by atoms with E-state index in [9.17, 15) is 4.79 Å². The molecule has 1 aromatic carbocycles. The zero-order chi connectivity index (χ0) is 14.7. The molecule has 0 unspecified atom stereocenters. The molecule has 0 spiro atoms. The van der Waals surface area contributed by atoms with Gasteiger partial charge in [0.2, 0.25) is 5.28 Å². The first-order chi connectivity index (χ1) is 9.47. The lowest BCUT2D eigenvalue weighted by molar-refractivity contribution is 0.102. The fourth-order valence-corrected chi connectivity index (χ4v) is 1.84. The molecular weight excluding hydrogens is 278 g/mol. The first-order valence-electron chi connectivity index (χ1n) is 5.84. The molecule has 0 bridgehead atoms. The predicted octanol–water partition coefficient (Wildman–Crippen LogP) is 2.03. The van der Waals surface area contributed by atoms with E-state index in [1.165, 1.54) is 6.20 Å². The largest absolute Gasteiger partial charge is 0.397 e. The number of nitrogens with zero attached hydrogens (tertiary/aromatic N) is 3. The van der Waals surface area contributed by atoms with Crippen LogP contribution in [0.15, 0.2) is 30.5 Å². The average molecular weight is 292 g/mol. The number of carbonyl (C=O) groups is 1. The van der Waals surface area contributed by atoms with Crippen LogP contribution >= 0.6 is 11.6 Å². The van der Waals surface area contributed by atoms with Gasteiger partial charge in [-0.15, -0.1) is 0 Å². The summed E-state index contributed by atoms with van der Waals surface area (Å²) in [5.41, 5.74) is 7.74. The number of nitrogen functional groups attached to an aromatic ring is 1. The summed E-state index contributed by atoms with van der Waals surface area (Å²) in [5.74, 6) is 0.0297. The minimum Gasteiger partial charge on any atom is -0.397 e. The Labute approximate surface area is 121 Å². The highest BCUT2D eigenvalue weighted by atomic mass is 35.5. The number of nitrogens with two attached hydrogens (primary N) is 1. The van der Waals surface area contributed by atoms with Crippen molar-refractivity contribution in [1.29, 1.82) is 0 Å². The molecule has 3 N–H and O–H groups in total. The van der Waals surface area contributed by atoms with Crippen LogP contribution < -0.4 is 16.0 Å². The molecule has 0 aliphatic heterocycles. The average Bonchev–Trinajstić information content (AvgIpc) is 2.38. The zero-order valence-electron chi connectivity index (χ0n) is 11.1. The lowest BCUT2D eigenvalue weighted by Crippen LogP contribution is -2.15. The Hall–Kier alpha value is -2.34. The molecule has 2 rings (SSSR count). The standard InChI is InChI=1S/C13H14ClN5O/c1-19(2)10-4-3-8(7-9(10)15)12(20)17-11-5-6-16-13(14)18-11/h3-7H,15H2,1-2H3,(H,16,17,18,20). The highest BCUT2D eigenvalue weighted by Crippen LogP contribution is 2.22. The van der Waals surface area contributed by atoms with Crippen LogP contribution in [0.4, 0.5) is 17.2 Å². The van der Waals surface area contributed by atoms with E-state index < -0.39 is 0 Å². The van der Waals surface area contributed by atoms with Gasteiger partial charge < -0.3 is 16.0 Å². The maximum atomic E-state index is 12.1.